The normalized spacial score (nSPS) is 10.9. The molecule has 0 aliphatic carbocycles. The quantitative estimate of drug-likeness (QED) is 0.123. The molecule has 0 rings (SSSR count). The lowest BCUT2D eigenvalue weighted by Crippen LogP contribution is -2.50. The number of hydrazine groups is 1. The molecule has 14 N–H and O–H groups in total. The van der Waals surface area contributed by atoms with E-state index in [-0.39, 0.29) is 6.54 Å². The Morgan fingerprint density at radius 2 is 0.643 bits per heavy atom. The van der Waals surface area contributed by atoms with Crippen LogP contribution in [0.2, 0.25) is 0 Å². The highest BCUT2D eigenvalue weighted by Crippen LogP contribution is 2.04. The van der Waals surface area contributed by atoms with Gasteiger partial charge >= 0.3 is 0 Å². The van der Waals surface area contributed by atoms with Gasteiger partial charge in [0, 0.05) is 55.0 Å². The molecular formula is C21H46N2O19. The fourth-order valence-electron chi connectivity index (χ4n) is 0.891. The van der Waals surface area contributed by atoms with Crippen LogP contribution >= 0.6 is 0 Å². The summed E-state index contributed by atoms with van der Waals surface area (Å²) >= 11 is 0. The highest BCUT2D eigenvalue weighted by Gasteiger charge is 2.29. The van der Waals surface area contributed by atoms with Gasteiger partial charge in [0.05, 0.1) is 12.7 Å². The van der Waals surface area contributed by atoms with E-state index in [9.17, 15) is 15.3 Å². The summed E-state index contributed by atoms with van der Waals surface area (Å²) in [6, 6.07) is 0. The van der Waals surface area contributed by atoms with Gasteiger partial charge < -0.3 is 61.3 Å². The van der Waals surface area contributed by atoms with Crippen LogP contribution < -0.4 is 10.9 Å². The minimum atomic E-state index is -1.58. The molecular weight excluding hydrogens is 584 g/mol. The summed E-state index contributed by atoms with van der Waals surface area (Å²) in [5, 5.41) is 97.1. The summed E-state index contributed by atoms with van der Waals surface area (Å²) in [6.07, 6.45) is -5.79. The Labute approximate surface area is 241 Å². The lowest BCUT2D eigenvalue weighted by atomic mass is 10.0. The Hall–Kier alpha value is -3.99. The van der Waals surface area contributed by atoms with Gasteiger partial charge in [-0.2, -0.15) is 0 Å². The third kappa shape index (κ3) is 225. The molecule has 0 amide bonds. The van der Waals surface area contributed by atoms with Gasteiger partial charge in [0.2, 0.25) is 0 Å². The Morgan fingerprint density at radius 3 is 0.786 bits per heavy atom. The third-order valence-electron chi connectivity index (χ3n) is 1.81. The molecule has 0 heterocycles. The summed E-state index contributed by atoms with van der Waals surface area (Å²) in [7, 11) is 1.58. The molecule has 0 aliphatic heterocycles. The first-order chi connectivity index (χ1) is 18.7. The van der Waals surface area contributed by atoms with Gasteiger partial charge in [-0.15, -0.1) is 0 Å². The number of carboxylic acid groups (broad SMARTS) is 7. The van der Waals surface area contributed by atoms with Crippen molar-refractivity contribution in [1.29, 1.82) is 0 Å². The fourth-order valence-corrected chi connectivity index (χ4v) is 0.891. The van der Waals surface area contributed by atoms with E-state index in [1.807, 2.05) is 0 Å². The number of aliphatic hydroxyl groups excluding tert-OH is 5. The summed E-state index contributed by atoms with van der Waals surface area (Å²) in [6.45, 7) is 6.91. The van der Waals surface area contributed by atoms with E-state index >= 15 is 0 Å². The average molecular weight is 631 g/mol. The summed E-state index contributed by atoms with van der Waals surface area (Å²) in [4.78, 5) is 63.0. The molecule has 21 heteroatoms. The van der Waals surface area contributed by atoms with Crippen LogP contribution in [0, 0.1) is 0 Å². The minimum absolute atomic E-state index is 0.00682. The monoisotopic (exact) mass is 630 g/mol. The number of carbonyl (C=O) groups is 7. The zero-order valence-corrected chi connectivity index (χ0v) is 24.4. The highest BCUT2D eigenvalue weighted by atomic mass is 16.4. The first-order valence-electron chi connectivity index (χ1n) is 10.8. The molecule has 0 bridgehead atoms. The number of hydrogen-bond acceptors (Lipinski definition) is 14. The molecule has 0 unspecified atom stereocenters. The van der Waals surface area contributed by atoms with Crippen LogP contribution in [0.5, 0.6) is 0 Å². The van der Waals surface area contributed by atoms with E-state index in [1.165, 1.54) is 0 Å². The molecule has 0 aromatic carbocycles. The van der Waals surface area contributed by atoms with Gasteiger partial charge in [0.1, 0.15) is 18.3 Å². The number of aliphatic carboxylic acids is 7. The number of nitrogens with one attached hydrogen (secondary N) is 2. The Morgan fingerprint density at radius 1 is 0.476 bits per heavy atom. The van der Waals surface area contributed by atoms with Crippen LogP contribution in [-0.2, 0) is 33.6 Å². The zero-order valence-electron chi connectivity index (χ0n) is 24.4. The van der Waals surface area contributed by atoms with Crippen molar-refractivity contribution in [2.45, 2.75) is 72.9 Å². The Balaban J connectivity index is -0.0000000576. The molecule has 254 valence electrons. The predicted molar refractivity (Wildman–Crippen MR) is 141 cm³/mol. The molecule has 0 aliphatic rings. The van der Waals surface area contributed by atoms with Crippen molar-refractivity contribution in [2.24, 2.45) is 0 Å². The van der Waals surface area contributed by atoms with E-state index in [2.05, 4.69) is 10.9 Å². The second kappa shape index (κ2) is 44.0. The summed E-state index contributed by atoms with van der Waals surface area (Å²) in [5.41, 5.74) is 5.05. The van der Waals surface area contributed by atoms with E-state index < -0.39 is 72.8 Å². The predicted octanol–water partition coefficient (Wildman–Crippen LogP) is -3.22. The van der Waals surface area contributed by atoms with Crippen molar-refractivity contribution in [1.82, 2.24) is 10.9 Å². The molecule has 4 atom stereocenters. The standard InChI is InChI=1S/C7H18N2O5.7C2H4O2/c1-8-9-2-4(11)6(13)7(14)5(12)3-10;7*1-2(3)4/h4-14H,2-3H2,1H3;7*1H3,(H,3,4)/t4-,5+,6+,7+;;;;;;;/m0......./s1. The molecule has 0 saturated heterocycles. The maximum atomic E-state index is 9.28. The molecule has 42 heavy (non-hydrogen) atoms. The Kier molecular flexibility index (Phi) is 60.6. The van der Waals surface area contributed by atoms with Crippen molar-refractivity contribution in [2.75, 3.05) is 20.2 Å². The zero-order chi connectivity index (χ0) is 36.2. The lowest BCUT2D eigenvalue weighted by Gasteiger charge is -2.25. The fraction of sp³-hybridized carbons (Fsp3) is 0.667. The second-order valence-corrected chi connectivity index (χ2v) is 6.56. The summed E-state index contributed by atoms with van der Waals surface area (Å²) < 4.78 is 0. The molecule has 0 saturated carbocycles. The van der Waals surface area contributed by atoms with E-state index in [0.29, 0.717) is 0 Å². The van der Waals surface area contributed by atoms with Crippen LogP contribution in [0.3, 0.4) is 0 Å². The molecule has 0 aromatic rings. The van der Waals surface area contributed by atoms with Gasteiger partial charge in [0.25, 0.3) is 41.8 Å². The number of hydrogen-bond donors (Lipinski definition) is 14. The molecule has 0 fully saturated rings. The maximum absolute atomic E-state index is 9.28. The van der Waals surface area contributed by atoms with Crippen molar-refractivity contribution in [3.63, 3.8) is 0 Å². The van der Waals surface area contributed by atoms with Gasteiger partial charge in [-0.3, -0.25) is 44.4 Å². The average Bonchev–Trinajstić information content (AvgIpc) is 2.73. The van der Waals surface area contributed by atoms with E-state index in [4.69, 9.17) is 79.5 Å². The van der Waals surface area contributed by atoms with Crippen LogP contribution in [0.25, 0.3) is 0 Å². The van der Waals surface area contributed by atoms with Gasteiger partial charge in [0.15, 0.2) is 0 Å². The molecule has 0 radical (unpaired) electrons. The minimum Gasteiger partial charge on any atom is -0.481 e. The van der Waals surface area contributed by atoms with Crippen molar-refractivity contribution in [3.8, 4) is 0 Å². The highest BCUT2D eigenvalue weighted by molar-refractivity contribution is 5.64. The van der Waals surface area contributed by atoms with Gasteiger partial charge in [-0.25, -0.2) is 0 Å². The third-order valence-corrected chi connectivity index (χ3v) is 1.81. The topological polar surface area (TPSA) is 386 Å². The van der Waals surface area contributed by atoms with E-state index in [0.717, 1.165) is 48.5 Å². The first kappa shape index (κ1) is 57.8. The first-order valence-corrected chi connectivity index (χ1v) is 10.8. The van der Waals surface area contributed by atoms with Crippen LogP contribution in [0.15, 0.2) is 0 Å². The van der Waals surface area contributed by atoms with Crippen molar-refractivity contribution in [3.05, 3.63) is 0 Å². The number of carboxylic acids is 7. The van der Waals surface area contributed by atoms with Gasteiger partial charge in [-0.1, -0.05) is 0 Å². The molecule has 0 spiro atoms. The molecule has 21 nitrogen and oxygen atoms in total. The Bertz CT molecular complexity index is 557. The lowest BCUT2D eigenvalue weighted by molar-refractivity contribution is -0.135. The maximum Gasteiger partial charge on any atom is 0.300 e. The second-order valence-electron chi connectivity index (χ2n) is 6.56. The largest absolute Gasteiger partial charge is 0.481 e. The SMILES string of the molecule is CC(=O)O.CC(=O)O.CC(=O)O.CC(=O)O.CC(=O)O.CC(=O)O.CC(=O)O.CNNC[C@H](O)[C@@H](O)[C@H](O)[C@H](O)CO. The van der Waals surface area contributed by atoms with Crippen LogP contribution in [0.4, 0.5) is 0 Å². The number of aliphatic hydroxyl groups is 5. The van der Waals surface area contributed by atoms with E-state index in [1.54, 1.807) is 7.05 Å². The van der Waals surface area contributed by atoms with Crippen LogP contribution in [-0.4, -0.2) is 148 Å². The molecule has 0 aromatic heterocycles. The summed E-state index contributed by atoms with van der Waals surface area (Å²) in [5.74, 6) is -5.83. The van der Waals surface area contributed by atoms with Crippen molar-refractivity contribution < 1.29 is 94.8 Å². The van der Waals surface area contributed by atoms with Crippen LogP contribution in [0.1, 0.15) is 48.5 Å². The van der Waals surface area contributed by atoms with Gasteiger partial charge in [-0.05, 0) is 7.05 Å². The number of rotatable bonds is 7. The van der Waals surface area contributed by atoms with Crippen molar-refractivity contribution >= 4 is 41.8 Å². The smallest absolute Gasteiger partial charge is 0.300 e.